The first kappa shape index (κ1) is 22.1. The third-order valence-corrected chi connectivity index (χ3v) is 6.56. The molecule has 0 aromatic heterocycles. The molecule has 1 aliphatic carbocycles. The molecule has 1 saturated carbocycles. The number of hydrogen-bond acceptors (Lipinski definition) is 3. The fourth-order valence-electron chi connectivity index (χ4n) is 4.89. The van der Waals surface area contributed by atoms with Crippen LogP contribution < -0.4 is 5.32 Å². The third kappa shape index (κ3) is 4.16. The molecular weight excluding hydrogens is 419 g/mol. The maximum Gasteiger partial charge on any atom is 0.416 e. The van der Waals surface area contributed by atoms with Crippen molar-refractivity contribution in [1.82, 2.24) is 0 Å². The number of amides is 1. The van der Waals surface area contributed by atoms with E-state index < -0.39 is 23.1 Å². The highest BCUT2D eigenvalue weighted by Crippen LogP contribution is 2.52. The van der Waals surface area contributed by atoms with Gasteiger partial charge < -0.3 is 10.1 Å². The molecule has 2 aromatic carbocycles. The maximum atomic E-state index is 13.1. The molecule has 1 N–H and O–H groups in total. The van der Waals surface area contributed by atoms with Crippen LogP contribution in [0.4, 0.5) is 18.9 Å². The quantitative estimate of drug-likeness (QED) is 0.508. The van der Waals surface area contributed by atoms with Gasteiger partial charge in [0.05, 0.1) is 24.0 Å². The van der Waals surface area contributed by atoms with Crippen LogP contribution in [0.1, 0.15) is 35.1 Å². The molecule has 1 aliphatic heterocycles. The Balaban J connectivity index is 1.42. The van der Waals surface area contributed by atoms with Crippen LogP contribution in [-0.2, 0) is 33.3 Å². The molecule has 1 saturated heterocycles. The first-order chi connectivity index (χ1) is 15.1. The summed E-state index contributed by atoms with van der Waals surface area (Å²) >= 11 is 0. The van der Waals surface area contributed by atoms with Gasteiger partial charge >= 0.3 is 12.1 Å². The molecule has 1 heterocycles. The van der Waals surface area contributed by atoms with Gasteiger partial charge in [0.2, 0.25) is 5.91 Å². The Hall–Kier alpha value is -3.09. The molecule has 7 heteroatoms. The van der Waals surface area contributed by atoms with Crippen LogP contribution in [0.25, 0.3) is 0 Å². The number of anilines is 1. The van der Waals surface area contributed by atoms with Crippen molar-refractivity contribution in [1.29, 1.82) is 0 Å². The highest BCUT2D eigenvalue weighted by atomic mass is 19.4. The number of alkyl halides is 3. The molecule has 0 spiro atoms. The van der Waals surface area contributed by atoms with Gasteiger partial charge in [-0.3, -0.25) is 9.59 Å². The number of cyclic esters (lactones) is 1. The van der Waals surface area contributed by atoms with Crippen molar-refractivity contribution in [3.63, 3.8) is 0 Å². The molecule has 2 fully saturated rings. The lowest BCUT2D eigenvalue weighted by molar-refractivity contribution is -0.146. The second-order valence-corrected chi connectivity index (χ2v) is 8.77. The predicted molar refractivity (Wildman–Crippen MR) is 114 cm³/mol. The number of esters is 1. The van der Waals surface area contributed by atoms with E-state index in [2.05, 4.69) is 11.9 Å². The van der Waals surface area contributed by atoms with Crippen molar-refractivity contribution >= 4 is 17.6 Å². The Kier molecular flexibility index (Phi) is 5.61. The van der Waals surface area contributed by atoms with Gasteiger partial charge in [0.15, 0.2) is 0 Å². The zero-order valence-corrected chi connectivity index (χ0v) is 17.7. The van der Waals surface area contributed by atoms with Gasteiger partial charge in [0.1, 0.15) is 0 Å². The summed E-state index contributed by atoms with van der Waals surface area (Å²) in [6.45, 7) is 5.85. The van der Waals surface area contributed by atoms with Crippen molar-refractivity contribution in [2.75, 3.05) is 11.9 Å². The minimum Gasteiger partial charge on any atom is -0.465 e. The van der Waals surface area contributed by atoms with Gasteiger partial charge in [-0.15, -0.1) is 0 Å². The first-order valence-electron chi connectivity index (χ1n) is 10.5. The van der Waals surface area contributed by atoms with Crippen LogP contribution in [0, 0.1) is 18.3 Å². The number of ether oxygens (including phenoxy) is 1. The van der Waals surface area contributed by atoms with Gasteiger partial charge in [0, 0.05) is 11.6 Å². The van der Waals surface area contributed by atoms with Crippen molar-refractivity contribution in [2.24, 2.45) is 11.3 Å². The largest absolute Gasteiger partial charge is 0.465 e. The van der Waals surface area contributed by atoms with Crippen LogP contribution in [0.5, 0.6) is 0 Å². The molecule has 4 nitrogen and oxygen atoms in total. The molecule has 2 aliphatic rings. The number of rotatable bonds is 5. The number of carbonyl (C=O) groups excluding carboxylic acids is 2. The van der Waals surface area contributed by atoms with Crippen LogP contribution in [0.2, 0.25) is 0 Å². The topological polar surface area (TPSA) is 55.4 Å². The zero-order valence-electron chi connectivity index (χ0n) is 17.7. The molecule has 1 amide bonds. The Morgan fingerprint density at radius 3 is 2.62 bits per heavy atom. The zero-order chi connectivity index (χ0) is 23.1. The fraction of sp³-hybridized carbons (Fsp3) is 0.360. The molecule has 0 radical (unpaired) electrons. The Morgan fingerprint density at radius 1 is 1.22 bits per heavy atom. The number of nitrogens with one attached hydrogen (secondary N) is 1. The van der Waals surface area contributed by atoms with E-state index >= 15 is 0 Å². The SMILES string of the molecule is C=C1CC2COC(=O)C2(Cc2ccc(NC(=O)Cc3cccc(C(F)(F)F)c3C)cc2)C1. The molecule has 4 rings (SSSR count). The lowest BCUT2D eigenvalue weighted by atomic mass is 9.75. The van der Waals surface area contributed by atoms with E-state index in [0.29, 0.717) is 30.7 Å². The van der Waals surface area contributed by atoms with Crippen molar-refractivity contribution in [3.05, 3.63) is 76.9 Å². The minimum absolute atomic E-state index is 0.0564. The van der Waals surface area contributed by atoms with E-state index in [9.17, 15) is 22.8 Å². The van der Waals surface area contributed by atoms with Crippen LogP contribution in [-0.4, -0.2) is 18.5 Å². The number of allylic oxidation sites excluding steroid dienone is 1. The number of fused-ring (bicyclic) bond motifs is 1. The molecule has 2 aromatic rings. The summed E-state index contributed by atoms with van der Waals surface area (Å²) in [6, 6.07) is 11.0. The first-order valence-corrected chi connectivity index (χ1v) is 10.5. The maximum absolute atomic E-state index is 13.1. The van der Waals surface area contributed by atoms with Gasteiger partial charge in [0.25, 0.3) is 0 Å². The minimum atomic E-state index is -4.46. The van der Waals surface area contributed by atoms with Crippen molar-refractivity contribution < 1.29 is 27.5 Å². The highest BCUT2D eigenvalue weighted by Gasteiger charge is 2.55. The van der Waals surface area contributed by atoms with Crippen molar-refractivity contribution in [3.8, 4) is 0 Å². The molecule has 168 valence electrons. The lowest BCUT2D eigenvalue weighted by Gasteiger charge is -2.24. The Bertz CT molecular complexity index is 1070. The van der Waals surface area contributed by atoms with E-state index in [0.717, 1.165) is 23.6 Å². The molecule has 0 bridgehead atoms. The summed E-state index contributed by atoms with van der Waals surface area (Å²) in [6.07, 6.45) is -2.63. The van der Waals surface area contributed by atoms with E-state index in [-0.39, 0.29) is 23.9 Å². The number of carbonyl (C=O) groups is 2. The summed E-state index contributed by atoms with van der Waals surface area (Å²) in [7, 11) is 0. The second kappa shape index (κ2) is 8.11. The molecule has 2 unspecified atom stereocenters. The summed E-state index contributed by atoms with van der Waals surface area (Å²) in [5.74, 6) is -0.419. The van der Waals surface area contributed by atoms with E-state index in [1.165, 1.54) is 19.1 Å². The number of hydrogen-bond donors (Lipinski definition) is 1. The van der Waals surface area contributed by atoms with Crippen LogP contribution >= 0.6 is 0 Å². The van der Waals surface area contributed by atoms with E-state index in [1.54, 1.807) is 12.1 Å². The van der Waals surface area contributed by atoms with Gasteiger partial charge in [-0.25, -0.2) is 0 Å². The van der Waals surface area contributed by atoms with Crippen molar-refractivity contribution in [2.45, 2.75) is 38.8 Å². The van der Waals surface area contributed by atoms with Crippen LogP contribution in [0.15, 0.2) is 54.6 Å². The Morgan fingerprint density at radius 2 is 1.94 bits per heavy atom. The third-order valence-electron chi connectivity index (χ3n) is 6.56. The van der Waals surface area contributed by atoms with Gasteiger partial charge in [-0.1, -0.05) is 36.4 Å². The lowest BCUT2D eigenvalue weighted by Crippen LogP contribution is -2.31. The summed E-state index contributed by atoms with van der Waals surface area (Å²) in [4.78, 5) is 24.9. The predicted octanol–water partition coefficient (Wildman–Crippen LogP) is 5.25. The van der Waals surface area contributed by atoms with E-state index in [1.807, 2.05) is 12.1 Å². The average molecular weight is 443 g/mol. The highest BCUT2D eigenvalue weighted by molar-refractivity contribution is 5.92. The summed E-state index contributed by atoms with van der Waals surface area (Å²) < 4.78 is 44.6. The van der Waals surface area contributed by atoms with Crippen LogP contribution in [0.3, 0.4) is 0 Å². The van der Waals surface area contributed by atoms with Gasteiger partial charge in [-0.05, 0) is 61.1 Å². The number of benzene rings is 2. The normalized spacial score (nSPS) is 22.6. The smallest absolute Gasteiger partial charge is 0.416 e. The second-order valence-electron chi connectivity index (χ2n) is 8.77. The monoisotopic (exact) mass is 443 g/mol. The van der Waals surface area contributed by atoms with Gasteiger partial charge in [-0.2, -0.15) is 13.2 Å². The molecular formula is C25H24F3NO3. The fourth-order valence-corrected chi connectivity index (χ4v) is 4.89. The molecule has 32 heavy (non-hydrogen) atoms. The molecule has 2 atom stereocenters. The van der Waals surface area contributed by atoms with E-state index in [4.69, 9.17) is 4.74 Å². The summed E-state index contributed by atoms with van der Waals surface area (Å²) in [5, 5.41) is 2.73. The number of halogens is 3. The summed E-state index contributed by atoms with van der Waals surface area (Å²) in [5.41, 5.74) is 1.67. The standard InChI is InChI=1S/C25H24F3NO3/c1-15-10-19-14-32-23(31)24(19,12-15)13-17-6-8-20(9-7-17)29-22(30)11-18-4-3-5-21(16(18)2)25(26,27)28/h3-9,19H,1,10-14H2,2H3,(H,29,30). The average Bonchev–Trinajstić information content (AvgIpc) is 3.18. The Labute approximate surface area is 184 Å².